The Bertz CT molecular complexity index is 1160. The average Bonchev–Trinajstić information content (AvgIpc) is 3.59. The number of benzene rings is 2. The van der Waals surface area contributed by atoms with E-state index in [1.54, 1.807) is 29.2 Å². The van der Waals surface area contributed by atoms with E-state index in [1.165, 1.54) is 17.1 Å². The Balaban J connectivity index is 1.35. The molecule has 0 aromatic heterocycles. The molecule has 2 heterocycles. The minimum Gasteiger partial charge on any atom is -0.394 e. The minimum absolute atomic E-state index is 0.107. The van der Waals surface area contributed by atoms with Crippen molar-refractivity contribution in [2.75, 3.05) is 19.7 Å². The molecule has 3 fully saturated rings. The molecule has 1 aliphatic carbocycles. The molecule has 0 bridgehead atoms. The third kappa shape index (κ3) is 4.06. The highest BCUT2D eigenvalue weighted by Crippen LogP contribution is 2.43. The molecule has 5 rings (SSSR count). The smallest absolute Gasteiger partial charge is 0.238 e. The molecule has 6 nitrogen and oxygen atoms in total. The van der Waals surface area contributed by atoms with Gasteiger partial charge in [0.2, 0.25) is 15.9 Å². The number of carbonyl (C=O) groups is 1. The Hall–Kier alpha value is -2.66. The summed E-state index contributed by atoms with van der Waals surface area (Å²) < 4.78 is 27.4. The van der Waals surface area contributed by atoms with Gasteiger partial charge in [-0.05, 0) is 36.1 Å². The summed E-state index contributed by atoms with van der Waals surface area (Å²) in [5.41, 5.74) is 2.64. The van der Waals surface area contributed by atoms with E-state index >= 15 is 0 Å². The summed E-state index contributed by atoms with van der Waals surface area (Å²) >= 11 is 0. The van der Waals surface area contributed by atoms with Crippen LogP contribution in [0.3, 0.4) is 0 Å². The first kappa shape index (κ1) is 21.2. The topological polar surface area (TPSA) is 77.9 Å². The van der Waals surface area contributed by atoms with Gasteiger partial charge in [-0.1, -0.05) is 54.3 Å². The van der Waals surface area contributed by atoms with Crippen molar-refractivity contribution in [2.45, 2.75) is 36.6 Å². The van der Waals surface area contributed by atoms with E-state index in [0.717, 1.165) is 11.1 Å². The number of nitrogens with zero attached hydrogens (tertiary/aromatic N) is 2. The van der Waals surface area contributed by atoms with Crippen molar-refractivity contribution in [3.8, 4) is 11.8 Å². The SMILES string of the molecule is O=C1CN(S(=O)(=O)Cc2ccccc2)C[C@@H]2[C@H](c3ccc(C#CC4CC4)cc3)[C@@H](CO)N12. The zero-order chi connectivity index (χ0) is 22.3. The van der Waals surface area contributed by atoms with Crippen LogP contribution in [0.25, 0.3) is 0 Å². The fraction of sp³-hybridized carbons (Fsp3) is 0.400. The van der Waals surface area contributed by atoms with Crippen molar-refractivity contribution in [1.82, 2.24) is 9.21 Å². The fourth-order valence-electron chi connectivity index (χ4n) is 4.76. The largest absolute Gasteiger partial charge is 0.394 e. The Kier molecular flexibility index (Phi) is 5.54. The van der Waals surface area contributed by atoms with Gasteiger partial charge in [0.1, 0.15) is 0 Å². The summed E-state index contributed by atoms with van der Waals surface area (Å²) in [4.78, 5) is 14.5. The number of piperazine rings is 1. The van der Waals surface area contributed by atoms with Crippen molar-refractivity contribution < 1.29 is 18.3 Å². The Labute approximate surface area is 188 Å². The van der Waals surface area contributed by atoms with E-state index < -0.39 is 10.0 Å². The number of hydrogen-bond acceptors (Lipinski definition) is 4. The predicted octanol–water partition coefficient (Wildman–Crippen LogP) is 1.95. The number of aliphatic hydroxyl groups excluding tert-OH is 1. The number of hydrogen-bond donors (Lipinski definition) is 1. The summed E-state index contributed by atoms with van der Waals surface area (Å²) in [6.45, 7) is -0.0806. The van der Waals surface area contributed by atoms with Crippen LogP contribution in [0.5, 0.6) is 0 Å². The van der Waals surface area contributed by atoms with E-state index in [9.17, 15) is 18.3 Å². The molecule has 7 heteroatoms. The van der Waals surface area contributed by atoms with Crippen molar-refractivity contribution >= 4 is 15.9 Å². The van der Waals surface area contributed by atoms with Gasteiger partial charge in [-0.3, -0.25) is 4.79 Å². The molecule has 2 saturated heterocycles. The number of carbonyl (C=O) groups excluding carboxylic acids is 1. The second kappa shape index (κ2) is 8.36. The molecule has 0 unspecified atom stereocenters. The molecule has 0 radical (unpaired) electrons. The van der Waals surface area contributed by atoms with E-state index in [1.807, 2.05) is 30.3 Å². The summed E-state index contributed by atoms with van der Waals surface area (Å²) in [5, 5.41) is 9.95. The van der Waals surface area contributed by atoms with E-state index in [0.29, 0.717) is 11.5 Å². The van der Waals surface area contributed by atoms with E-state index in [-0.39, 0.29) is 49.4 Å². The van der Waals surface area contributed by atoms with Crippen molar-refractivity contribution in [1.29, 1.82) is 0 Å². The molecule has 166 valence electrons. The second-order valence-corrected chi connectivity index (χ2v) is 10.8. The van der Waals surface area contributed by atoms with Crippen LogP contribution in [0, 0.1) is 17.8 Å². The second-order valence-electron chi connectivity index (χ2n) is 8.84. The molecule has 3 atom stereocenters. The maximum atomic E-state index is 13.0. The van der Waals surface area contributed by atoms with E-state index in [2.05, 4.69) is 11.8 Å². The molecule has 1 amide bonds. The quantitative estimate of drug-likeness (QED) is 0.707. The number of rotatable bonds is 5. The van der Waals surface area contributed by atoms with Crippen molar-refractivity contribution in [2.24, 2.45) is 5.92 Å². The summed E-state index contributed by atoms with van der Waals surface area (Å²) in [6, 6.07) is 16.3. The van der Waals surface area contributed by atoms with Gasteiger partial charge < -0.3 is 10.0 Å². The first-order valence-corrected chi connectivity index (χ1v) is 12.6. The minimum atomic E-state index is -3.63. The molecule has 2 aromatic carbocycles. The van der Waals surface area contributed by atoms with Gasteiger partial charge in [-0.25, -0.2) is 8.42 Å². The van der Waals surface area contributed by atoms with Crippen LogP contribution in [0.4, 0.5) is 0 Å². The number of fused-ring (bicyclic) bond motifs is 1. The Morgan fingerprint density at radius 3 is 2.41 bits per heavy atom. The highest BCUT2D eigenvalue weighted by Gasteiger charge is 2.55. The fourth-order valence-corrected chi connectivity index (χ4v) is 6.24. The van der Waals surface area contributed by atoms with Crippen LogP contribution in [-0.4, -0.2) is 60.4 Å². The number of sulfonamides is 1. The van der Waals surface area contributed by atoms with Crippen LogP contribution in [-0.2, 0) is 20.6 Å². The lowest BCUT2D eigenvalue weighted by molar-refractivity contribution is -0.158. The lowest BCUT2D eigenvalue weighted by atomic mass is 9.74. The van der Waals surface area contributed by atoms with Crippen LogP contribution < -0.4 is 0 Å². The average molecular weight is 451 g/mol. The molecule has 1 saturated carbocycles. The molecular weight excluding hydrogens is 424 g/mol. The van der Waals surface area contributed by atoms with Gasteiger partial charge in [0.25, 0.3) is 0 Å². The van der Waals surface area contributed by atoms with Gasteiger partial charge >= 0.3 is 0 Å². The predicted molar refractivity (Wildman–Crippen MR) is 121 cm³/mol. The first-order valence-electron chi connectivity index (χ1n) is 11.0. The molecule has 2 aromatic rings. The van der Waals surface area contributed by atoms with Crippen LogP contribution >= 0.6 is 0 Å². The van der Waals surface area contributed by atoms with Crippen molar-refractivity contribution in [3.05, 3.63) is 71.3 Å². The van der Waals surface area contributed by atoms with Crippen LogP contribution in [0.15, 0.2) is 54.6 Å². The van der Waals surface area contributed by atoms with Crippen LogP contribution in [0.1, 0.15) is 35.4 Å². The summed E-state index contributed by atoms with van der Waals surface area (Å²) in [6.07, 6.45) is 2.36. The molecule has 32 heavy (non-hydrogen) atoms. The molecule has 1 N–H and O–H groups in total. The Morgan fingerprint density at radius 1 is 1.03 bits per heavy atom. The van der Waals surface area contributed by atoms with Crippen molar-refractivity contribution in [3.63, 3.8) is 0 Å². The van der Waals surface area contributed by atoms with Gasteiger partial charge in [-0.2, -0.15) is 4.31 Å². The van der Waals surface area contributed by atoms with Gasteiger partial charge in [0.05, 0.1) is 31.0 Å². The maximum absolute atomic E-state index is 13.0. The number of aliphatic hydroxyl groups is 1. The lowest BCUT2D eigenvalue weighted by Gasteiger charge is -2.58. The third-order valence-electron chi connectivity index (χ3n) is 6.60. The zero-order valence-corrected chi connectivity index (χ0v) is 18.5. The van der Waals surface area contributed by atoms with Gasteiger partial charge in [-0.15, -0.1) is 0 Å². The van der Waals surface area contributed by atoms with Crippen LogP contribution in [0.2, 0.25) is 0 Å². The zero-order valence-electron chi connectivity index (χ0n) is 17.7. The van der Waals surface area contributed by atoms with Gasteiger partial charge in [0, 0.05) is 23.9 Å². The van der Waals surface area contributed by atoms with E-state index in [4.69, 9.17) is 0 Å². The monoisotopic (exact) mass is 450 g/mol. The lowest BCUT2D eigenvalue weighted by Crippen LogP contribution is -2.73. The van der Waals surface area contributed by atoms with Gasteiger partial charge in [0.15, 0.2) is 0 Å². The molecular formula is C25H26N2O4S. The molecule has 2 aliphatic heterocycles. The maximum Gasteiger partial charge on any atom is 0.238 e. The number of amides is 1. The molecule has 0 spiro atoms. The highest BCUT2D eigenvalue weighted by molar-refractivity contribution is 7.88. The summed E-state index contributed by atoms with van der Waals surface area (Å²) in [5.74, 6) is 6.49. The standard InChI is InChI=1S/C25H26N2O4S/c28-16-23-25(21-12-10-19(11-13-21)9-8-18-6-7-18)22-14-26(15-24(29)27(22)23)32(30,31)17-20-4-2-1-3-5-20/h1-5,10-13,18,22-23,25,28H,6-7,14-17H2/t22-,23-,25+/m1/s1. The first-order chi connectivity index (χ1) is 15.5. The normalized spacial score (nSPS) is 25.5. The third-order valence-corrected chi connectivity index (χ3v) is 8.36. The Morgan fingerprint density at radius 2 is 1.75 bits per heavy atom. The summed E-state index contributed by atoms with van der Waals surface area (Å²) in [7, 11) is -3.63. The molecule has 3 aliphatic rings. The highest BCUT2D eigenvalue weighted by atomic mass is 32.2.